The number of nitrogens with one attached hydrogen (secondary N) is 1. The molecule has 6 nitrogen and oxygen atoms in total. The standard InChI is InChI=1S/C16H15F3N4O2S/c1-2-9-5-3-4-6-11(9)23-8-10(7-12(23)24)13(25)20-15-22-21-14(26-15)16(17,18)19/h3-6,10H,2,7-8H2,1H3,(H,20,22,25). The number of benzene rings is 1. The number of aryl methyl sites for hydroxylation is 1. The monoisotopic (exact) mass is 384 g/mol. The zero-order valence-electron chi connectivity index (χ0n) is 13.7. The molecule has 0 bridgehead atoms. The van der Waals surface area contributed by atoms with Gasteiger partial charge in [-0.3, -0.25) is 9.59 Å². The third kappa shape index (κ3) is 3.69. The molecule has 1 aliphatic heterocycles. The summed E-state index contributed by atoms with van der Waals surface area (Å²) >= 11 is 0.253. The maximum atomic E-state index is 12.5. The van der Waals surface area contributed by atoms with Gasteiger partial charge in [-0.05, 0) is 18.1 Å². The zero-order valence-corrected chi connectivity index (χ0v) is 14.5. The summed E-state index contributed by atoms with van der Waals surface area (Å²) < 4.78 is 37.6. The summed E-state index contributed by atoms with van der Waals surface area (Å²) in [6.45, 7) is 2.14. The molecule has 1 atom stereocenters. The first-order chi connectivity index (χ1) is 12.3. The Kier molecular flexibility index (Phi) is 4.94. The van der Waals surface area contributed by atoms with Gasteiger partial charge in [-0.1, -0.05) is 36.5 Å². The number of hydrogen-bond acceptors (Lipinski definition) is 5. The third-order valence-corrected chi connectivity index (χ3v) is 4.94. The molecular weight excluding hydrogens is 369 g/mol. The summed E-state index contributed by atoms with van der Waals surface area (Å²) in [5, 5.41) is 7.31. The molecule has 1 fully saturated rings. The Morgan fingerprint density at radius 2 is 2.08 bits per heavy atom. The Labute approximate surface area is 151 Å². The Bertz CT molecular complexity index is 837. The van der Waals surface area contributed by atoms with Gasteiger partial charge in [0, 0.05) is 18.7 Å². The first-order valence-corrected chi connectivity index (χ1v) is 8.71. The van der Waals surface area contributed by atoms with Gasteiger partial charge in [0.15, 0.2) is 0 Å². The molecule has 0 aliphatic carbocycles. The van der Waals surface area contributed by atoms with Crippen molar-refractivity contribution < 1.29 is 22.8 Å². The highest BCUT2D eigenvalue weighted by Gasteiger charge is 2.38. The largest absolute Gasteiger partial charge is 0.445 e. The maximum absolute atomic E-state index is 12.5. The van der Waals surface area contributed by atoms with Crippen molar-refractivity contribution in [2.24, 2.45) is 5.92 Å². The van der Waals surface area contributed by atoms with Crippen LogP contribution >= 0.6 is 11.3 Å². The maximum Gasteiger partial charge on any atom is 0.445 e. The molecule has 0 radical (unpaired) electrons. The van der Waals surface area contributed by atoms with E-state index in [0.29, 0.717) is 0 Å². The molecule has 1 saturated heterocycles. The highest BCUT2D eigenvalue weighted by atomic mass is 32.1. The molecule has 0 saturated carbocycles. The number of para-hydroxylation sites is 1. The van der Waals surface area contributed by atoms with Crippen LogP contribution in [0.2, 0.25) is 0 Å². The predicted octanol–water partition coefficient (Wildman–Crippen LogP) is 3.11. The Morgan fingerprint density at radius 3 is 2.73 bits per heavy atom. The van der Waals surface area contributed by atoms with Gasteiger partial charge in [0.05, 0.1) is 5.92 Å². The van der Waals surface area contributed by atoms with Crippen LogP contribution in [0, 0.1) is 5.92 Å². The lowest BCUT2D eigenvalue weighted by Gasteiger charge is -2.19. The van der Waals surface area contributed by atoms with Crippen molar-refractivity contribution in [2.45, 2.75) is 25.9 Å². The minimum Gasteiger partial charge on any atom is -0.311 e. The van der Waals surface area contributed by atoms with Gasteiger partial charge in [-0.2, -0.15) is 13.2 Å². The summed E-state index contributed by atoms with van der Waals surface area (Å²) in [5.74, 6) is -1.40. The lowest BCUT2D eigenvalue weighted by atomic mass is 10.1. The number of nitrogens with zero attached hydrogens (tertiary/aromatic N) is 3. The topological polar surface area (TPSA) is 75.2 Å². The number of anilines is 2. The summed E-state index contributed by atoms with van der Waals surface area (Å²) in [6, 6.07) is 7.42. The number of aromatic nitrogens is 2. The first kappa shape index (κ1) is 18.3. The van der Waals surface area contributed by atoms with Gasteiger partial charge in [0.25, 0.3) is 0 Å². The number of carbonyl (C=O) groups excluding carboxylic acids is 2. The molecule has 1 N–H and O–H groups in total. The van der Waals surface area contributed by atoms with Crippen molar-refractivity contribution in [1.82, 2.24) is 10.2 Å². The fourth-order valence-electron chi connectivity index (χ4n) is 2.78. The van der Waals surface area contributed by atoms with E-state index in [0.717, 1.165) is 17.7 Å². The molecule has 0 spiro atoms. The molecule has 138 valence electrons. The number of rotatable bonds is 4. The van der Waals surface area contributed by atoms with Crippen LogP contribution in [0.25, 0.3) is 0 Å². The number of amides is 2. The normalized spacial score (nSPS) is 17.6. The Morgan fingerprint density at radius 1 is 1.35 bits per heavy atom. The second-order valence-corrected chi connectivity index (χ2v) is 6.76. The SMILES string of the molecule is CCc1ccccc1N1CC(C(=O)Nc2nnc(C(F)(F)F)s2)CC1=O. The van der Waals surface area contributed by atoms with E-state index in [1.54, 1.807) is 4.90 Å². The summed E-state index contributed by atoms with van der Waals surface area (Å²) in [6.07, 6.45) is -3.87. The molecule has 1 aliphatic rings. The van der Waals surface area contributed by atoms with Crippen LogP contribution in [0.1, 0.15) is 23.9 Å². The lowest BCUT2D eigenvalue weighted by molar-refractivity contribution is -0.138. The average Bonchev–Trinajstić information content (AvgIpc) is 3.21. The molecule has 2 heterocycles. The van der Waals surface area contributed by atoms with Crippen molar-refractivity contribution in [3.63, 3.8) is 0 Å². The Hall–Kier alpha value is -2.49. The first-order valence-electron chi connectivity index (χ1n) is 7.89. The van der Waals surface area contributed by atoms with E-state index in [4.69, 9.17) is 0 Å². The van der Waals surface area contributed by atoms with Gasteiger partial charge in [-0.25, -0.2) is 0 Å². The number of alkyl halides is 3. The second kappa shape index (κ2) is 7.02. The van der Waals surface area contributed by atoms with Crippen molar-refractivity contribution >= 4 is 34.0 Å². The molecule has 2 aromatic rings. The third-order valence-electron chi connectivity index (χ3n) is 4.06. The van der Waals surface area contributed by atoms with E-state index in [2.05, 4.69) is 15.5 Å². The lowest BCUT2D eigenvalue weighted by Crippen LogP contribution is -2.28. The summed E-state index contributed by atoms with van der Waals surface area (Å²) in [7, 11) is 0. The van der Waals surface area contributed by atoms with E-state index in [-0.39, 0.29) is 35.3 Å². The van der Waals surface area contributed by atoms with Crippen molar-refractivity contribution in [3.05, 3.63) is 34.8 Å². The van der Waals surface area contributed by atoms with Crippen LogP contribution in [0.4, 0.5) is 24.0 Å². The summed E-state index contributed by atoms with van der Waals surface area (Å²) in [4.78, 5) is 26.2. The van der Waals surface area contributed by atoms with Gasteiger partial charge in [0.2, 0.25) is 22.0 Å². The average molecular weight is 384 g/mol. The van der Waals surface area contributed by atoms with Crippen molar-refractivity contribution in [3.8, 4) is 0 Å². The van der Waals surface area contributed by atoms with Crippen LogP contribution in [-0.2, 0) is 22.2 Å². The van der Waals surface area contributed by atoms with Crippen LogP contribution < -0.4 is 10.2 Å². The predicted molar refractivity (Wildman–Crippen MR) is 89.8 cm³/mol. The van der Waals surface area contributed by atoms with Crippen molar-refractivity contribution in [2.75, 3.05) is 16.8 Å². The van der Waals surface area contributed by atoms with Crippen LogP contribution in [0.15, 0.2) is 24.3 Å². The van der Waals surface area contributed by atoms with Gasteiger partial charge in [-0.15, -0.1) is 10.2 Å². The highest BCUT2D eigenvalue weighted by Crippen LogP contribution is 2.34. The van der Waals surface area contributed by atoms with E-state index >= 15 is 0 Å². The van der Waals surface area contributed by atoms with E-state index in [1.807, 2.05) is 31.2 Å². The van der Waals surface area contributed by atoms with Crippen LogP contribution in [-0.4, -0.2) is 28.6 Å². The molecular formula is C16H15F3N4O2S. The fraction of sp³-hybridized carbons (Fsp3) is 0.375. The van der Waals surface area contributed by atoms with E-state index in [1.165, 1.54) is 0 Å². The van der Waals surface area contributed by atoms with Crippen LogP contribution in [0.3, 0.4) is 0 Å². The number of hydrogen-bond donors (Lipinski definition) is 1. The van der Waals surface area contributed by atoms with E-state index in [9.17, 15) is 22.8 Å². The van der Waals surface area contributed by atoms with Gasteiger partial charge in [0.1, 0.15) is 0 Å². The number of carbonyl (C=O) groups is 2. The molecule has 1 aromatic carbocycles. The molecule has 2 amide bonds. The minimum atomic E-state index is -4.61. The fourth-order valence-corrected chi connectivity index (χ4v) is 3.40. The molecule has 3 rings (SSSR count). The smallest absolute Gasteiger partial charge is 0.311 e. The number of halogens is 3. The molecule has 10 heteroatoms. The second-order valence-electron chi connectivity index (χ2n) is 5.79. The highest BCUT2D eigenvalue weighted by molar-refractivity contribution is 7.15. The van der Waals surface area contributed by atoms with E-state index < -0.39 is 23.0 Å². The zero-order chi connectivity index (χ0) is 18.9. The molecule has 1 unspecified atom stereocenters. The quantitative estimate of drug-likeness (QED) is 0.879. The Balaban J connectivity index is 1.70. The van der Waals surface area contributed by atoms with Crippen LogP contribution in [0.5, 0.6) is 0 Å². The van der Waals surface area contributed by atoms with Gasteiger partial charge >= 0.3 is 6.18 Å². The van der Waals surface area contributed by atoms with Crippen molar-refractivity contribution in [1.29, 1.82) is 0 Å². The minimum absolute atomic E-state index is 0.00515. The van der Waals surface area contributed by atoms with Gasteiger partial charge < -0.3 is 10.2 Å². The molecule has 1 aromatic heterocycles. The summed E-state index contributed by atoms with van der Waals surface area (Å²) in [5.41, 5.74) is 1.74. The molecule has 26 heavy (non-hydrogen) atoms.